The van der Waals surface area contributed by atoms with Crippen molar-refractivity contribution in [2.75, 3.05) is 20.3 Å². The molecule has 0 unspecified atom stereocenters. The van der Waals surface area contributed by atoms with Crippen molar-refractivity contribution in [3.05, 3.63) is 52.3 Å². The van der Waals surface area contributed by atoms with Gasteiger partial charge in [-0.3, -0.25) is 9.59 Å². The minimum atomic E-state index is -0.466. The Morgan fingerprint density at radius 3 is 2.61 bits per heavy atom. The van der Waals surface area contributed by atoms with Crippen LogP contribution in [0.4, 0.5) is 0 Å². The van der Waals surface area contributed by atoms with E-state index < -0.39 is 5.91 Å². The quantitative estimate of drug-likeness (QED) is 0.291. The van der Waals surface area contributed by atoms with Crippen molar-refractivity contribution in [3.63, 3.8) is 0 Å². The zero-order valence-corrected chi connectivity index (χ0v) is 17.0. The predicted molar refractivity (Wildman–Crippen MR) is 110 cm³/mol. The molecule has 2 rings (SSSR count). The van der Waals surface area contributed by atoms with Gasteiger partial charge in [-0.05, 0) is 50.6 Å². The van der Waals surface area contributed by atoms with Crippen LogP contribution in [-0.2, 0) is 14.3 Å². The second-order valence-corrected chi connectivity index (χ2v) is 6.74. The Morgan fingerprint density at radius 2 is 1.93 bits per heavy atom. The molecule has 0 atom stereocenters. The number of methoxy groups -OCH3 is 1. The number of nitrogens with one attached hydrogen (secondary N) is 2. The molecule has 0 aliphatic carbocycles. The highest BCUT2D eigenvalue weighted by Gasteiger charge is 2.10. The van der Waals surface area contributed by atoms with Crippen LogP contribution in [0.2, 0.25) is 5.02 Å². The van der Waals surface area contributed by atoms with Gasteiger partial charge in [0.15, 0.2) is 0 Å². The number of carbonyl (C=O) groups excluding carboxylic acids is 2. The minimum absolute atomic E-state index is 0.270. The Labute approximate surface area is 169 Å². The number of rotatable bonds is 9. The highest BCUT2D eigenvalue weighted by atomic mass is 35.5. The summed E-state index contributed by atoms with van der Waals surface area (Å²) in [5.41, 5.74) is 6.26. The van der Waals surface area contributed by atoms with Gasteiger partial charge in [-0.15, -0.1) is 0 Å². The third kappa shape index (κ3) is 6.21. The van der Waals surface area contributed by atoms with Gasteiger partial charge in [0, 0.05) is 47.9 Å². The van der Waals surface area contributed by atoms with Crippen LogP contribution in [-0.4, -0.2) is 42.9 Å². The van der Waals surface area contributed by atoms with E-state index in [0.29, 0.717) is 24.6 Å². The van der Waals surface area contributed by atoms with Gasteiger partial charge in [0.25, 0.3) is 0 Å². The van der Waals surface area contributed by atoms with Crippen molar-refractivity contribution in [2.24, 2.45) is 5.10 Å². The van der Waals surface area contributed by atoms with Crippen LogP contribution in [0.3, 0.4) is 0 Å². The van der Waals surface area contributed by atoms with Gasteiger partial charge >= 0.3 is 0 Å². The number of halogens is 1. The van der Waals surface area contributed by atoms with E-state index in [4.69, 9.17) is 16.3 Å². The molecule has 0 bridgehead atoms. The highest BCUT2D eigenvalue weighted by molar-refractivity contribution is 6.30. The van der Waals surface area contributed by atoms with Gasteiger partial charge in [-0.25, -0.2) is 5.43 Å². The van der Waals surface area contributed by atoms with Gasteiger partial charge in [-0.1, -0.05) is 11.6 Å². The van der Waals surface area contributed by atoms with Crippen molar-refractivity contribution in [3.8, 4) is 5.69 Å². The summed E-state index contributed by atoms with van der Waals surface area (Å²) in [4.78, 5) is 23.5. The summed E-state index contributed by atoms with van der Waals surface area (Å²) in [5.74, 6) is -0.809. The maximum absolute atomic E-state index is 11.8. The van der Waals surface area contributed by atoms with E-state index in [1.807, 2.05) is 44.2 Å². The standard InChI is InChI=1S/C20H25ClN4O3/c1-14-11-16(15(2)25(14)18-7-5-17(21)6-8-18)13-23-24-20(27)12-19(26)22-9-4-10-28-3/h5-8,11,13H,4,9-10,12H2,1-3H3,(H,22,26)(H,24,27)/b23-13+. The molecule has 0 spiro atoms. The van der Waals surface area contributed by atoms with E-state index in [1.54, 1.807) is 13.3 Å². The summed E-state index contributed by atoms with van der Waals surface area (Å²) in [6, 6.07) is 9.53. The maximum atomic E-state index is 11.8. The SMILES string of the molecule is COCCCNC(=O)CC(=O)N/N=C/c1cc(C)n(-c2ccc(Cl)cc2)c1C. The Hall–Kier alpha value is -2.64. The summed E-state index contributed by atoms with van der Waals surface area (Å²) in [5, 5.41) is 7.30. The molecule has 2 N–H and O–H groups in total. The minimum Gasteiger partial charge on any atom is -0.385 e. The zero-order chi connectivity index (χ0) is 20.5. The first-order chi connectivity index (χ1) is 13.4. The van der Waals surface area contributed by atoms with Crippen LogP contribution in [0, 0.1) is 13.8 Å². The van der Waals surface area contributed by atoms with E-state index in [-0.39, 0.29) is 12.3 Å². The molecule has 150 valence electrons. The molecule has 2 amide bonds. The molecule has 1 aromatic heterocycles. The van der Waals surface area contributed by atoms with Gasteiger partial charge in [0.05, 0.1) is 6.21 Å². The number of aromatic nitrogens is 1. The Bertz CT molecular complexity index is 844. The number of ether oxygens (including phenoxy) is 1. The third-order valence-electron chi connectivity index (χ3n) is 4.12. The first-order valence-corrected chi connectivity index (χ1v) is 9.32. The van der Waals surface area contributed by atoms with Gasteiger partial charge in [0.1, 0.15) is 6.42 Å². The normalized spacial score (nSPS) is 11.0. The van der Waals surface area contributed by atoms with Gasteiger partial charge < -0.3 is 14.6 Å². The number of benzene rings is 1. The van der Waals surface area contributed by atoms with E-state index in [0.717, 1.165) is 22.6 Å². The lowest BCUT2D eigenvalue weighted by molar-refractivity contribution is -0.129. The average molecular weight is 405 g/mol. The van der Waals surface area contributed by atoms with E-state index in [2.05, 4.69) is 20.4 Å². The molecule has 0 radical (unpaired) electrons. The van der Waals surface area contributed by atoms with Gasteiger partial charge in [0.2, 0.25) is 11.8 Å². The van der Waals surface area contributed by atoms with Crippen molar-refractivity contribution < 1.29 is 14.3 Å². The van der Waals surface area contributed by atoms with Crippen LogP contribution in [0.1, 0.15) is 29.8 Å². The van der Waals surface area contributed by atoms with Crippen LogP contribution in [0.25, 0.3) is 5.69 Å². The van der Waals surface area contributed by atoms with Crippen molar-refractivity contribution in [2.45, 2.75) is 26.7 Å². The Kier molecular flexibility index (Phi) is 8.22. The molecule has 0 saturated heterocycles. The summed E-state index contributed by atoms with van der Waals surface area (Å²) in [6.45, 7) is 4.99. The molecule has 2 aromatic rings. The largest absolute Gasteiger partial charge is 0.385 e. The second-order valence-electron chi connectivity index (χ2n) is 6.30. The molecular formula is C20H25ClN4O3. The first kappa shape index (κ1) is 21.7. The Morgan fingerprint density at radius 1 is 1.21 bits per heavy atom. The number of hydrazone groups is 1. The lowest BCUT2D eigenvalue weighted by atomic mass is 10.2. The number of carbonyl (C=O) groups is 2. The number of hydrogen-bond acceptors (Lipinski definition) is 4. The van der Waals surface area contributed by atoms with E-state index in [9.17, 15) is 9.59 Å². The van der Waals surface area contributed by atoms with E-state index >= 15 is 0 Å². The molecule has 8 heteroatoms. The van der Waals surface area contributed by atoms with Crippen molar-refractivity contribution in [1.29, 1.82) is 0 Å². The fraction of sp³-hybridized carbons (Fsp3) is 0.350. The smallest absolute Gasteiger partial charge is 0.249 e. The molecule has 28 heavy (non-hydrogen) atoms. The van der Waals surface area contributed by atoms with Crippen LogP contribution in [0.5, 0.6) is 0 Å². The highest BCUT2D eigenvalue weighted by Crippen LogP contribution is 2.21. The topological polar surface area (TPSA) is 84.7 Å². The lowest BCUT2D eigenvalue weighted by Crippen LogP contribution is -2.30. The second kappa shape index (κ2) is 10.6. The van der Waals surface area contributed by atoms with Crippen LogP contribution in [0.15, 0.2) is 35.4 Å². The molecule has 1 aromatic carbocycles. The average Bonchev–Trinajstić information content (AvgIpc) is 2.93. The fourth-order valence-electron chi connectivity index (χ4n) is 2.77. The molecule has 0 aliphatic heterocycles. The third-order valence-corrected chi connectivity index (χ3v) is 4.37. The van der Waals surface area contributed by atoms with Crippen LogP contribution < -0.4 is 10.7 Å². The predicted octanol–water partition coefficient (Wildman–Crippen LogP) is 2.74. The van der Waals surface area contributed by atoms with Crippen molar-refractivity contribution in [1.82, 2.24) is 15.3 Å². The summed E-state index contributed by atoms with van der Waals surface area (Å²) in [7, 11) is 1.60. The number of hydrogen-bond donors (Lipinski definition) is 2. The molecular weight excluding hydrogens is 380 g/mol. The maximum Gasteiger partial charge on any atom is 0.249 e. The zero-order valence-electron chi connectivity index (χ0n) is 16.3. The summed E-state index contributed by atoms with van der Waals surface area (Å²) < 4.78 is 6.97. The van der Waals surface area contributed by atoms with Crippen LogP contribution >= 0.6 is 11.6 Å². The Balaban J connectivity index is 1.92. The summed E-state index contributed by atoms with van der Waals surface area (Å²) in [6.07, 6.45) is 2.00. The molecule has 1 heterocycles. The monoisotopic (exact) mass is 404 g/mol. The lowest BCUT2D eigenvalue weighted by Gasteiger charge is -2.09. The number of amides is 2. The summed E-state index contributed by atoms with van der Waals surface area (Å²) >= 11 is 5.96. The van der Waals surface area contributed by atoms with Crippen molar-refractivity contribution >= 4 is 29.6 Å². The van der Waals surface area contributed by atoms with Gasteiger partial charge in [-0.2, -0.15) is 5.10 Å². The van der Waals surface area contributed by atoms with E-state index in [1.165, 1.54) is 0 Å². The number of aryl methyl sites for hydroxylation is 1. The number of nitrogens with zero attached hydrogens (tertiary/aromatic N) is 2. The molecule has 0 saturated carbocycles. The molecule has 7 nitrogen and oxygen atoms in total. The molecule has 0 fully saturated rings. The fourth-order valence-corrected chi connectivity index (χ4v) is 2.90. The molecule has 0 aliphatic rings. The first-order valence-electron chi connectivity index (χ1n) is 8.94.